The fourth-order valence-electron chi connectivity index (χ4n) is 1.86. The molecular weight excluding hydrogens is 311 g/mol. The number of amides is 1. The fourth-order valence-corrected chi connectivity index (χ4v) is 2.37. The topological polar surface area (TPSA) is 89.3 Å². The monoisotopic (exact) mass is 328 g/mol. The van der Waals surface area contributed by atoms with Crippen LogP contribution in [-0.4, -0.2) is 50.4 Å². The van der Waals surface area contributed by atoms with Gasteiger partial charge >= 0.3 is 29.6 Å². The van der Waals surface area contributed by atoms with E-state index >= 15 is 0 Å². The molecule has 112 valence electrons. The zero-order valence-corrected chi connectivity index (χ0v) is 12.1. The van der Waals surface area contributed by atoms with E-state index in [1.54, 1.807) is 36.4 Å². The van der Waals surface area contributed by atoms with Gasteiger partial charge in [-0.3, -0.25) is 4.79 Å². The first-order chi connectivity index (χ1) is 9.97. The SMILES string of the molecule is NS(=O)(=O)c1ccc(CCNC(=O)c2ccccc2)cc1.[NaH]. The molecule has 2 aromatic carbocycles. The Balaban J connectivity index is 0.00000242. The van der Waals surface area contributed by atoms with Crippen LogP contribution in [0.15, 0.2) is 59.5 Å². The van der Waals surface area contributed by atoms with Crippen molar-refractivity contribution in [3.8, 4) is 0 Å². The summed E-state index contributed by atoms with van der Waals surface area (Å²) < 4.78 is 22.3. The number of nitrogens with one attached hydrogen (secondary N) is 1. The Bertz CT molecular complexity index is 716. The van der Waals surface area contributed by atoms with Crippen LogP contribution < -0.4 is 10.5 Å². The van der Waals surface area contributed by atoms with Gasteiger partial charge in [-0.1, -0.05) is 30.3 Å². The first kappa shape index (κ1) is 18.9. The first-order valence-corrected chi connectivity index (χ1v) is 7.96. The molecule has 0 aliphatic carbocycles. The summed E-state index contributed by atoms with van der Waals surface area (Å²) in [5.74, 6) is -0.128. The minimum atomic E-state index is -3.66. The quantitative estimate of drug-likeness (QED) is 0.790. The Morgan fingerprint density at radius 1 is 1.00 bits per heavy atom. The van der Waals surface area contributed by atoms with Crippen LogP contribution in [0.25, 0.3) is 0 Å². The van der Waals surface area contributed by atoms with E-state index in [4.69, 9.17) is 5.14 Å². The van der Waals surface area contributed by atoms with Gasteiger partial charge < -0.3 is 5.32 Å². The molecule has 0 aliphatic heterocycles. The van der Waals surface area contributed by atoms with Gasteiger partial charge in [0.05, 0.1) is 4.90 Å². The molecule has 0 spiro atoms. The molecule has 0 saturated carbocycles. The number of rotatable bonds is 5. The van der Waals surface area contributed by atoms with Crippen molar-refractivity contribution in [3.05, 3.63) is 65.7 Å². The average molecular weight is 328 g/mol. The zero-order chi connectivity index (χ0) is 15.3. The molecular formula is C15H17N2NaO3S. The van der Waals surface area contributed by atoms with E-state index in [9.17, 15) is 13.2 Å². The zero-order valence-electron chi connectivity index (χ0n) is 11.3. The van der Waals surface area contributed by atoms with Crippen LogP contribution in [0.1, 0.15) is 15.9 Å². The summed E-state index contributed by atoms with van der Waals surface area (Å²) in [5, 5.41) is 7.84. The molecule has 0 unspecified atom stereocenters. The van der Waals surface area contributed by atoms with Crippen molar-refractivity contribution in [1.29, 1.82) is 0 Å². The van der Waals surface area contributed by atoms with Crippen LogP contribution in [0, 0.1) is 0 Å². The second kappa shape index (κ2) is 8.45. The van der Waals surface area contributed by atoms with Crippen molar-refractivity contribution in [2.24, 2.45) is 5.14 Å². The Kier molecular flexibility index (Phi) is 7.25. The number of benzene rings is 2. The van der Waals surface area contributed by atoms with E-state index in [2.05, 4.69) is 5.32 Å². The molecule has 1 amide bonds. The van der Waals surface area contributed by atoms with Crippen molar-refractivity contribution in [1.82, 2.24) is 5.32 Å². The summed E-state index contributed by atoms with van der Waals surface area (Å²) in [6.07, 6.45) is 0.615. The van der Waals surface area contributed by atoms with Crippen LogP contribution in [0.4, 0.5) is 0 Å². The maximum absolute atomic E-state index is 11.8. The van der Waals surface area contributed by atoms with Crippen molar-refractivity contribution >= 4 is 45.5 Å². The van der Waals surface area contributed by atoms with Gasteiger partial charge in [-0.05, 0) is 36.2 Å². The Hall–Kier alpha value is -1.18. The Morgan fingerprint density at radius 2 is 1.59 bits per heavy atom. The van der Waals surface area contributed by atoms with E-state index in [0.717, 1.165) is 5.56 Å². The summed E-state index contributed by atoms with van der Waals surface area (Å²) in [7, 11) is -3.66. The number of carbonyl (C=O) groups is 1. The molecule has 0 fully saturated rings. The molecule has 0 saturated heterocycles. The van der Waals surface area contributed by atoms with Crippen LogP contribution in [0.2, 0.25) is 0 Å². The minimum absolute atomic E-state index is 0. The van der Waals surface area contributed by atoms with Gasteiger partial charge in [0.15, 0.2) is 0 Å². The number of hydrogen-bond donors (Lipinski definition) is 2. The number of primary sulfonamides is 1. The third-order valence-electron chi connectivity index (χ3n) is 2.99. The number of hydrogen-bond acceptors (Lipinski definition) is 3. The molecule has 2 aromatic rings. The first-order valence-electron chi connectivity index (χ1n) is 6.42. The maximum atomic E-state index is 11.8. The second-order valence-corrected chi connectivity index (χ2v) is 6.12. The van der Waals surface area contributed by atoms with Crippen LogP contribution in [0.3, 0.4) is 0 Å². The normalized spacial score (nSPS) is 10.6. The van der Waals surface area contributed by atoms with E-state index < -0.39 is 10.0 Å². The van der Waals surface area contributed by atoms with Gasteiger partial charge in [-0.15, -0.1) is 0 Å². The van der Waals surface area contributed by atoms with Crippen molar-refractivity contribution in [2.45, 2.75) is 11.3 Å². The van der Waals surface area contributed by atoms with Crippen LogP contribution in [0.5, 0.6) is 0 Å². The van der Waals surface area contributed by atoms with Gasteiger partial charge in [-0.2, -0.15) is 0 Å². The fraction of sp³-hybridized carbons (Fsp3) is 0.133. The number of carbonyl (C=O) groups excluding carboxylic acids is 1. The summed E-state index contributed by atoms with van der Waals surface area (Å²) in [6.45, 7) is 0.475. The van der Waals surface area contributed by atoms with Crippen LogP contribution in [-0.2, 0) is 16.4 Å². The van der Waals surface area contributed by atoms with E-state index in [1.165, 1.54) is 12.1 Å². The van der Waals surface area contributed by atoms with Gasteiger partial charge in [0.2, 0.25) is 10.0 Å². The van der Waals surface area contributed by atoms with Crippen molar-refractivity contribution in [2.75, 3.05) is 6.54 Å². The molecule has 22 heavy (non-hydrogen) atoms. The second-order valence-electron chi connectivity index (χ2n) is 4.56. The molecule has 2 rings (SSSR count). The molecule has 0 heterocycles. The third kappa shape index (κ3) is 5.55. The van der Waals surface area contributed by atoms with Gasteiger partial charge in [0.25, 0.3) is 5.91 Å². The van der Waals surface area contributed by atoms with Gasteiger partial charge in [0.1, 0.15) is 0 Å². The van der Waals surface area contributed by atoms with Gasteiger partial charge in [0, 0.05) is 12.1 Å². The van der Waals surface area contributed by atoms with Crippen molar-refractivity contribution in [3.63, 3.8) is 0 Å². The van der Waals surface area contributed by atoms with Crippen molar-refractivity contribution < 1.29 is 13.2 Å². The standard InChI is InChI=1S/C15H16N2O3S.Na.H/c16-21(19,20)14-8-6-12(7-9-14)10-11-17-15(18)13-4-2-1-3-5-13;;/h1-9H,10-11H2,(H,17,18)(H2,16,19,20);;. The van der Waals surface area contributed by atoms with E-state index in [-0.39, 0.29) is 40.4 Å². The molecule has 3 N–H and O–H groups in total. The Labute approximate surface area is 152 Å². The summed E-state index contributed by atoms with van der Waals surface area (Å²) in [6, 6.07) is 15.3. The van der Waals surface area contributed by atoms with Crippen LogP contribution >= 0.6 is 0 Å². The number of nitrogens with two attached hydrogens (primary N) is 1. The average Bonchev–Trinajstić information content (AvgIpc) is 2.47. The van der Waals surface area contributed by atoms with E-state index in [0.29, 0.717) is 18.5 Å². The molecule has 5 nitrogen and oxygen atoms in total. The molecule has 0 aromatic heterocycles. The Morgan fingerprint density at radius 3 is 2.14 bits per heavy atom. The predicted molar refractivity (Wildman–Crippen MR) is 87.4 cm³/mol. The van der Waals surface area contributed by atoms with Gasteiger partial charge in [-0.25, -0.2) is 13.6 Å². The van der Waals surface area contributed by atoms with E-state index in [1.807, 2.05) is 6.07 Å². The summed E-state index contributed by atoms with van der Waals surface area (Å²) >= 11 is 0. The molecule has 7 heteroatoms. The molecule has 0 aliphatic rings. The predicted octanol–water partition coefficient (Wildman–Crippen LogP) is 0.658. The molecule has 0 radical (unpaired) electrons. The number of sulfonamides is 1. The third-order valence-corrected chi connectivity index (χ3v) is 3.92. The summed E-state index contributed by atoms with van der Waals surface area (Å²) in [5.41, 5.74) is 1.54. The summed E-state index contributed by atoms with van der Waals surface area (Å²) in [4.78, 5) is 11.9. The molecule has 0 bridgehead atoms. The molecule has 0 atom stereocenters.